The molecule has 1 aliphatic rings. The zero-order valence-electron chi connectivity index (χ0n) is 23.5. The third-order valence-corrected chi connectivity index (χ3v) is 7.74. The Bertz CT molecular complexity index is 1600. The van der Waals surface area contributed by atoms with Crippen molar-refractivity contribution in [2.75, 3.05) is 16.3 Å². The number of pyridine rings is 1. The van der Waals surface area contributed by atoms with Crippen LogP contribution in [0.2, 0.25) is 5.02 Å². The van der Waals surface area contributed by atoms with E-state index in [2.05, 4.69) is 20.4 Å². The molecule has 0 spiro atoms. The Balaban J connectivity index is 1.68. The third-order valence-electron chi connectivity index (χ3n) is 7.53. The summed E-state index contributed by atoms with van der Waals surface area (Å²) in [4.78, 5) is 8.88. The number of aromatic nitrogens is 5. The first kappa shape index (κ1) is 30.6. The van der Waals surface area contributed by atoms with Gasteiger partial charge in [-0.05, 0) is 90.1 Å². The van der Waals surface area contributed by atoms with Crippen molar-refractivity contribution in [1.29, 1.82) is 0 Å². The van der Waals surface area contributed by atoms with Crippen LogP contribution in [0.5, 0.6) is 0 Å². The second-order valence-electron chi connectivity index (χ2n) is 10.6. The second kappa shape index (κ2) is 11.7. The molecule has 0 saturated carbocycles. The first-order valence-electron chi connectivity index (χ1n) is 13.4. The molecule has 0 amide bonds. The molecule has 1 unspecified atom stereocenters. The van der Waals surface area contributed by atoms with Crippen LogP contribution in [0, 0.1) is 13.8 Å². The molecule has 0 bridgehead atoms. The summed E-state index contributed by atoms with van der Waals surface area (Å²) in [6.45, 7) is 3.58. The van der Waals surface area contributed by atoms with Gasteiger partial charge >= 0.3 is 12.4 Å². The van der Waals surface area contributed by atoms with Gasteiger partial charge in [-0.1, -0.05) is 22.8 Å². The zero-order chi connectivity index (χ0) is 31.1. The summed E-state index contributed by atoms with van der Waals surface area (Å²) in [5, 5.41) is 12.3. The maximum Gasteiger partial charge on any atom is 0.416 e. The molecule has 0 aliphatic carbocycles. The molecule has 228 valence electrons. The number of alkyl halides is 6. The number of hydrogen-bond acceptors (Lipinski definition) is 6. The lowest BCUT2D eigenvalue weighted by Crippen LogP contribution is -2.31. The average Bonchev–Trinajstić information content (AvgIpc) is 3.26. The van der Waals surface area contributed by atoms with Gasteiger partial charge in [-0.2, -0.15) is 31.1 Å². The quantitative estimate of drug-likeness (QED) is 0.208. The number of aryl methyl sites for hydroxylation is 2. The minimum Gasteiger partial charge on any atom is -0.367 e. The maximum atomic E-state index is 14.3. The van der Waals surface area contributed by atoms with E-state index in [0.29, 0.717) is 37.2 Å². The van der Waals surface area contributed by atoms with Crippen molar-refractivity contribution in [3.05, 3.63) is 92.8 Å². The first-order chi connectivity index (χ1) is 20.2. The molecule has 0 fully saturated rings. The van der Waals surface area contributed by atoms with Gasteiger partial charge < -0.3 is 9.80 Å². The third kappa shape index (κ3) is 6.56. The number of rotatable bonds is 6. The van der Waals surface area contributed by atoms with E-state index in [1.165, 1.54) is 30.8 Å². The van der Waals surface area contributed by atoms with Crippen molar-refractivity contribution in [2.45, 2.75) is 58.2 Å². The zero-order valence-corrected chi connectivity index (χ0v) is 24.3. The molecule has 5 rings (SSSR count). The van der Waals surface area contributed by atoms with Gasteiger partial charge in [-0.25, -0.2) is 0 Å². The van der Waals surface area contributed by atoms with Crippen LogP contribution in [0.3, 0.4) is 0 Å². The molecule has 0 saturated heterocycles. The highest BCUT2D eigenvalue weighted by Crippen LogP contribution is 2.46. The van der Waals surface area contributed by atoms with Crippen LogP contribution in [-0.2, 0) is 32.5 Å². The number of hydrogen-bond donors (Lipinski definition) is 0. The molecule has 1 aliphatic heterocycles. The van der Waals surface area contributed by atoms with Crippen LogP contribution in [0.15, 0.2) is 48.8 Å². The lowest BCUT2D eigenvalue weighted by molar-refractivity contribution is -0.139. The Labute approximate surface area is 249 Å². The number of anilines is 2. The lowest BCUT2D eigenvalue weighted by atomic mass is 9.90. The number of fused-ring (bicyclic) bond motifs is 1. The number of nitrogens with zero attached hydrogens (tertiary/aromatic N) is 7. The number of tetrazole rings is 1. The largest absolute Gasteiger partial charge is 0.416 e. The van der Waals surface area contributed by atoms with Crippen molar-refractivity contribution in [1.82, 2.24) is 25.2 Å². The highest BCUT2D eigenvalue weighted by atomic mass is 35.5. The maximum absolute atomic E-state index is 14.3. The predicted octanol–water partition coefficient (Wildman–Crippen LogP) is 7.46. The predicted molar refractivity (Wildman–Crippen MR) is 150 cm³/mol. The van der Waals surface area contributed by atoms with Crippen LogP contribution >= 0.6 is 11.6 Å². The summed E-state index contributed by atoms with van der Waals surface area (Å²) >= 11 is 6.10. The first-order valence-corrected chi connectivity index (χ1v) is 13.8. The van der Waals surface area contributed by atoms with E-state index in [-0.39, 0.29) is 34.2 Å². The molecule has 43 heavy (non-hydrogen) atoms. The fraction of sp³-hybridized carbons (Fsp3) is 0.379. The van der Waals surface area contributed by atoms with E-state index >= 15 is 0 Å². The topological polar surface area (TPSA) is 63.0 Å². The average molecular weight is 624 g/mol. The van der Waals surface area contributed by atoms with Gasteiger partial charge in [0.15, 0.2) is 0 Å². The van der Waals surface area contributed by atoms with Crippen molar-refractivity contribution in [3.63, 3.8) is 0 Å². The van der Waals surface area contributed by atoms with Gasteiger partial charge in [0.25, 0.3) is 5.95 Å². The van der Waals surface area contributed by atoms with Crippen LogP contribution < -0.4 is 9.80 Å². The van der Waals surface area contributed by atoms with E-state index in [1.807, 2.05) is 17.0 Å². The molecule has 0 N–H and O–H groups in total. The van der Waals surface area contributed by atoms with Gasteiger partial charge in [-0.15, -0.1) is 5.10 Å². The SMILES string of the molecule is Cc1cc2c(c(C)c1C(F)(F)F)N(Cc1ccncc1)CCCC2N(Cc1cc(Cl)cc(C(F)(F)F)c1)c1nnn(C)n1. The Morgan fingerprint density at radius 1 is 0.977 bits per heavy atom. The minimum atomic E-state index is -4.63. The molecule has 14 heteroatoms. The molecule has 3 heterocycles. The van der Waals surface area contributed by atoms with Gasteiger partial charge in [0, 0.05) is 42.7 Å². The van der Waals surface area contributed by atoms with Crippen molar-refractivity contribution >= 4 is 23.2 Å². The highest BCUT2D eigenvalue weighted by Gasteiger charge is 2.40. The molecular weight excluding hydrogens is 596 g/mol. The summed E-state index contributed by atoms with van der Waals surface area (Å²) in [5.41, 5.74) is 0.652. The molecule has 7 nitrogen and oxygen atoms in total. The summed E-state index contributed by atoms with van der Waals surface area (Å²) in [5.74, 6) is 0.129. The second-order valence-corrected chi connectivity index (χ2v) is 11.1. The molecule has 4 aromatic rings. The summed E-state index contributed by atoms with van der Waals surface area (Å²) in [7, 11) is 1.55. The van der Waals surface area contributed by atoms with Crippen molar-refractivity contribution in [3.8, 4) is 0 Å². The smallest absolute Gasteiger partial charge is 0.367 e. The summed E-state index contributed by atoms with van der Waals surface area (Å²) in [6.07, 6.45) is -4.92. The van der Waals surface area contributed by atoms with Crippen molar-refractivity contribution < 1.29 is 26.3 Å². The molecule has 2 aromatic heterocycles. The summed E-state index contributed by atoms with van der Waals surface area (Å²) in [6, 6.07) is 7.84. The summed E-state index contributed by atoms with van der Waals surface area (Å²) < 4.78 is 84.0. The van der Waals surface area contributed by atoms with E-state index in [0.717, 1.165) is 17.7 Å². The standard InChI is InChI=1S/C29H28ClF6N7/c1-17-11-23-24(43(27-38-40-41(3)39-27)16-20-12-21(28(31,32)33)14-22(30)13-20)5-4-10-42(15-19-6-8-37-9-7-19)26(23)18(2)25(17)29(34,35)36/h6-9,11-14,24H,4-5,10,15-16H2,1-3H3. The van der Waals surface area contributed by atoms with Gasteiger partial charge in [0.2, 0.25) is 0 Å². The van der Waals surface area contributed by atoms with Gasteiger partial charge in [0.1, 0.15) is 0 Å². The van der Waals surface area contributed by atoms with Crippen LogP contribution in [0.25, 0.3) is 0 Å². The fourth-order valence-electron chi connectivity index (χ4n) is 5.86. The Morgan fingerprint density at radius 2 is 1.70 bits per heavy atom. The number of benzene rings is 2. The monoisotopic (exact) mass is 623 g/mol. The molecule has 0 radical (unpaired) electrons. The van der Waals surface area contributed by atoms with E-state index in [1.54, 1.807) is 24.3 Å². The Kier molecular flexibility index (Phi) is 8.30. The number of halogens is 7. The highest BCUT2D eigenvalue weighted by molar-refractivity contribution is 6.30. The normalized spacial score (nSPS) is 15.8. The van der Waals surface area contributed by atoms with Crippen LogP contribution in [-0.4, -0.2) is 31.7 Å². The van der Waals surface area contributed by atoms with Crippen molar-refractivity contribution in [2.24, 2.45) is 7.05 Å². The molecule has 2 aromatic carbocycles. The van der Waals surface area contributed by atoms with Gasteiger partial charge in [0.05, 0.1) is 24.2 Å². The van der Waals surface area contributed by atoms with E-state index in [9.17, 15) is 26.3 Å². The fourth-order valence-corrected chi connectivity index (χ4v) is 6.12. The molecule has 1 atom stereocenters. The minimum absolute atomic E-state index is 0.0497. The van der Waals surface area contributed by atoms with Crippen LogP contribution in [0.1, 0.15) is 57.8 Å². The lowest BCUT2D eigenvalue weighted by Gasteiger charge is -2.34. The Morgan fingerprint density at radius 3 is 2.33 bits per heavy atom. The Hall–Kier alpha value is -3.87. The van der Waals surface area contributed by atoms with E-state index < -0.39 is 29.5 Å². The van der Waals surface area contributed by atoms with Crippen LogP contribution in [0.4, 0.5) is 38.0 Å². The van der Waals surface area contributed by atoms with Gasteiger partial charge in [-0.3, -0.25) is 4.98 Å². The van der Waals surface area contributed by atoms with E-state index in [4.69, 9.17) is 11.6 Å². The molecular formula is C29H28ClF6N7.